The van der Waals surface area contributed by atoms with Crippen molar-refractivity contribution in [1.29, 1.82) is 0 Å². The molecule has 0 spiro atoms. The van der Waals surface area contributed by atoms with E-state index in [1.807, 2.05) is 16.8 Å². The lowest BCUT2D eigenvalue weighted by Gasteiger charge is -2.08. The minimum Gasteiger partial charge on any atom is -0.421 e. The van der Waals surface area contributed by atoms with Gasteiger partial charge in [-0.3, -0.25) is 4.79 Å². The maximum absolute atomic E-state index is 11.8. The van der Waals surface area contributed by atoms with E-state index in [4.69, 9.17) is 4.42 Å². The highest BCUT2D eigenvalue weighted by molar-refractivity contribution is 7.08. The molecular weight excluding hydrogens is 310 g/mol. The molecule has 0 radical (unpaired) electrons. The highest BCUT2D eigenvalue weighted by atomic mass is 32.1. The molecule has 3 rings (SSSR count). The Morgan fingerprint density at radius 1 is 1.35 bits per heavy atom. The van der Waals surface area contributed by atoms with Crippen molar-refractivity contribution in [3.63, 3.8) is 0 Å². The van der Waals surface area contributed by atoms with Crippen LogP contribution in [0.25, 0.3) is 11.5 Å². The van der Waals surface area contributed by atoms with Crippen LogP contribution in [0.1, 0.15) is 50.8 Å². The van der Waals surface area contributed by atoms with Crippen molar-refractivity contribution >= 4 is 17.2 Å². The van der Waals surface area contributed by atoms with E-state index in [0.717, 1.165) is 24.4 Å². The second-order valence-electron chi connectivity index (χ2n) is 6.16. The van der Waals surface area contributed by atoms with Crippen molar-refractivity contribution in [2.24, 2.45) is 5.92 Å². The number of rotatable bonds is 8. The van der Waals surface area contributed by atoms with Crippen LogP contribution >= 0.6 is 11.3 Å². The van der Waals surface area contributed by atoms with E-state index < -0.39 is 0 Å². The van der Waals surface area contributed by atoms with Gasteiger partial charge in [-0.15, -0.1) is 10.2 Å². The Morgan fingerprint density at radius 3 is 3.00 bits per heavy atom. The van der Waals surface area contributed by atoms with Crippen LogP contribution in [0.15, 0.2) is 21.2 Å². The molecule has 1 fully saturated rings. The molecule has 1 amide bonds. The van der Waals surface area contributed by atoms with E-state index in [-0.39, 0.29) is 5.91 Å². The summed E-state index contributed by atoms with van der Waals surface area (Å²) >= 11 is 1.59. The molecule has 1 saturated carbocycles. The quantitative estimate of drug-likeness (QED) is 0.746. The zero-order valence-electron chi connectivity index (χ0n) is 13.3. The van der Waals surface area contributed by atoms with Crippen LogP contribution in [0.4, 0.5) is 0 Å². The molecule has 0 unspecified atom stereocenters. The average Bonchev–Trinajstić information content (AvgIpc) is 3.31. The third kappa shape index (κ3) is 4.89. The zero-order valence-corrected chi connectivity index (χ0v) is 14.1. The van der Waals surface area contributed by atoms with Gasteiger partial charge < -0.3 is 9.73 Å². The lowest BCUT2D eigenvalue weighted by Crippen LogP contribution is -2.25. The Hall–Kier alpha value is -1.69. The summed E-state index contributed by atoms with van der Waals surface area (Å²) in [5, 5.41) is 14.9. The third-order valence-electron chi connectivity index (χ3n) is 4.39. The monoisotopic (exact) mass is 333 g/mol. The third-order valence-corrected chi connectivity index (χ3v) is 5.07. The van der Waals surface area contributed by atoms with Crippen molar-refractivity contribution in [3.05, 3.63) is 22.7 Å². The highest BCUT2D eigenvalue weighted by Crippen LogP contribution is 2.28. The van der Waals surface area contributed by atoms with E-state index in [9.17, 15) is 4.79 Å². The predicted octanol–water partition coefficient (Wildman–Crippen LogP) is 3.82. The molecule has 2 aromatic heterocycles. The van der Waals surface area contributed by atoms with Crippen LogP contribution in [0.3, 0.4) is 0 Å². The van der Waals surface area contributed by atoms with Crippen molar-refractivity contribution in [1.82, 2.24) is 15.5 Å². The number of hydrogen-bond donors (Lipinski definition) is 1. The first-order valence-electron chi connectivity index (χ1n) is 8.43. The molecule has 0 bridgehead atoms. The fourth-order valence-corrected chi connectivity index (χ4v) is 3.71. The van der Waals surface area contributed by atoms with Gasteiger partial charge in [-0.2, -0.15) is 11.3 Å². The fraction of sp³-hybridized carbons (Fsp3) is 0.588. The Balaban J connectivity index is 1.32. The van der Waals surface area contributed by atoms with Gasteiger partial charge >= 0.3 is 0 Å². The Kier molecular flexibility index (Phi) is 5.80. The summed E-state index contributed by atoms with van der Waals surface area (Å²) in [7, 11) is 0. The summed E-state index contributed by atoms with van der Waals surface area (Å²) in [5.41, 5.74) is 0.935. The number of hydrogen-bond acceptors (Lipinski definition) is 5. The van der Waals surface area contributed by atoms with Crippen molar-refractivity contribution in [2.45, 2.75) is 51.4 Å². The molecule has 5 nitrogen and oxygen atoms in total. The van der Waals surface area contributed by atoms with Gasteiger partial charge in [-0.1, -0.05) is 25.7 Å². The number of carbonyl (C=O) groups excluding carboxylic acids is 1. The number of aryl methyl sites for hydroxylation is 1. The van der Waals surface area contributed by atoms with Crippen molar-refractivity contribution in [2.75, 3.05) is 6.54 Å². The van der Waals surface area contributed by atoms with E-state index in [2.05, 4.69) is 15.5 Å². The molecule has 124 valence electrons. The average molecular weight is 333 g/mol. The first kappa shape index (κ1) is 16.2. The molecule has 2 aromatic rings. The SMILES string of the molecule is O=C(CCc1nnc(-c2ccsc2)o1)NCCCC1CCCC1. The molecule has 0 aliphatic heterocycles. The standard InChI is InChI=1S/C17H23N3O2S/c21-15(18-10-3-6-13-4-1-2-5-13)7-8-16-19-20-17(22-16)14-9-11-23-12-14/h9,11-13H,1-8,10H2,(H,18,21). The Bertz CT molecular complexity index is 603. The van der Waals surface area contributed by atoms with Gasteiger partial charge in [0.2, 0.25) is 17.7 Å². The number of thiophene rings is 1. The normalized spacial score (nSPS) is 15.1. The summed E-state index contributed by atoms with van der Waals surface area (Å²) < 4.78 is 5.58. The summed E-state index contributed by atoms with van der Waals surface area (Å²) in [6.45, 7) is 0.777. The van der Waals surface area contributed by atoms with E-state index >= 15 is 0 Å². The predicted molar refractivity (Wildman–Crippen MR) is 90.1 cm³/mol. The molecule has 6 heteroatoms. The van der Waals surface area contributed by atoms with Crippen LogP contribution in [0, 0.1) is 5.92 Å². The molecule has 1 aliphatic carbocycles. The van der Waals surface area contributed by atoms with E-state index in [0.29, 0.717) is 24.6 Å². The second kappa shape index (κ2) is 8.24. The van der Waals surface area contributed by atoms with Crippen LogP contribution in [0.2, 0.25) is 0 Å². The van der Waals surface area contributed by atoms with Gasteiger partial charge in [0.1, 0.15) is 0 Å². The molecule has 23 heavy (non-hydrogen) atoms. The van der Waals surface area contributed by atoms with Gasteiger partial charge in [0.05, 0.1) is 0 Å². The van der Waals surface area contributed by atoms with Gasteiger partial charge in [0.25, 0.3) is 0 Å². The summed E-state index contributed by atoms with van der Waals surface area (Å²) in [4.78, 5) is 11.8. The van der Waals surface area contributed by atoms with Gasteiger partial charge in [0.15, 0.2) is 0 Å². The fourth-order valence-electron chi connectivity index (χ4n) is 3.08. The van der Waals surface area contributed by atoms with Crippen molar-refractivity contribution in [3.8, 4) is 11.5 Å². The molecule has 0 saturated heterocycles. The molecule has 1 N–H and O–H groups in total. The molecule has 2 heterocycles. The van der Waals surface area contributed by atoms with Crippen LogP contribution in [-0.4, -0.2) is 22.6 Å². The Morgan fingerprint density at radius 2 is 2.22 bits per heavy atom. The molecule has 0 atom stereocenters. The number of nitrogens with one attached hydrogen (secondary N) is 1. The minimum atomic E-state index is 0.0618. The van der Waals surface area contributed by atoms with E-state index in [1.54, 1.807) is 11.3 Å². The number of amides is 1. The van der Waals surface area contributed by atoms with Crippen LogP contribution in [0.5, 0.6) is 0 Å². The zero-order chi connectivity index (χ0) is 15.9. The van der Waals surface area contributed by atoms with Gasteiger partial charge in [-0.05, 0) is 30.2 Å². The topological polar surface area (TPSA) is 68.0 Å². The number of aromatic nitrogens is 2. The smallest absolute Gasteiger partial charge is 0.248 e. The first-order valence-corrected chi connectivity index (χ1v) is 9.37. The lowest BCUT2D eigenvalue weighted by molar-refractivity contribution is -0.121. The lowest BCUT2D eigenvalue weighted by atomic mass is 10.0. The van der Waals surface area contributed by atoms with Crippen LogP contribution < -0.4 is 5.32 Å². The molecular formula is C17H23N3O2S. The van der Waals surface area contributed by atoms with Crippen LogP contribution in [-0.2, 0) is 11.2 Å². The van der Waals surface area contributed by atoms with E-state index in [1.165, 1.54) is 32.1 Å². The summed E-state index contributed by atoms with van der Waals surface area (Å²) in [6, 6.07) is 1.94. The number of carbonyl (C=O) groups is 1. The summed E-state index contributed by atoms with van der Waals surface area (Å²) in [5.74, 6) is 2.00. The maximum Gasteiger partial charge on any atom is 0.248 e. The molecule has 1 aliphatic rings. The van der Waals surface area contributed by atoms with Crippen molar-refractivity contribution < 1.29 is 9.21 Å². The maximum atomic E-state index is 11.8. The minimum absolute atomic E-state index is 0.0618. The van der Waals surface area contributed by atoms with Gasteiger partial charge in [0, 0.05) is 30.3 Å². The highest BCUT2D eigenvalue weighted by Gasteiger charge is 2.14. The summed E-state index contributed by atoms with van der Waals surface area (Å²) in [6.07, 6.45) is 8.73. The largest absolute Gasteiger partial charge is 0.421 e. The molecule has 0 aromatic carbocycles. The second-order valence-corrected chi connectivity index (χ2v) is 6.94. The van der Waals surface area contributed by atoms with Gasteiger partial charge in [-0.25, -0.2) is 0 Å². The first-order chi connectivity index (χ1) is 11.3. The number of nitrogens with zero attached hydrogens (tertiary/aromatic N) is 2. The Labute approximate surface area is 140 Å².